The van der Waals surface area contributed by atoms with E-state index in [1.165, 1.54) is 24.6 Å². The summed E-state index contributed by atoms with van der Waals surface area (Å²) in [6, 6.07) is 8.23. The number of nitrogens with zero attached hydrogens (tertiary/aromatic N) is 2. The number of carbonyl (C=O) groups is 1. The average molecular weight is 329 g/mol. The van der Waals surface area contributed by atoms with Crippen LogP contribution in [0.15, 0.2) is 29.3 Å². The fourth-order valence-corrected chi connectivity index (χ4v) is 3.13. The van der Waals surface area contributed by atoms with Crippen molar-refractivity contribution in [1.82, 2.24) is 15.3 Å². The molecule has 4 nitrogen and oxygen atoms in total. The first kappa shape index (κ1) is 16.2. The van der Waals surface area contributed by atoms with Crippen LogP contribution in [0, 0.1) is 5.92 Å². The highest BCUT2D eigenvalue weighted by Gasteiger charge is 2.27. The maximum atomic E-state index is 12.1. The summed E-state index contributed by atoms with van der Waals surface area (Å²) in [5.74, 6) is 2.33. The molecular formula is C18H23N3OS. The molecule has 1 atom stereocenters. The van der Waals surface area contributed by atoms with Crippen LogP contribution in [-0.2, 0) is 4.79 Å². The SMILES string of the molecule is CC(C)[C@H](C)NC(=O)CSc1nc(C2CC2)nc2ccccc12. The number of thioether (sulfide) groups is 1. The van der Waals surface area contributed by atoms with Crippen molar-refractivity contribution >= 4 is 28.6 Å². The van der Waals surface area contributed by atoms with Gasteiger partial charge in [-0.1, -0.05) is 43.8 Å². The first-order chi connectivity index (χ1) is 11.0. The van der Waals surface area contributed by atoms with E-state index in [1.54, 1.807) is 0 Å². The van der Waals surface area contributed by atoms with Gasteiger partial charge < -0.3 is 5.32 Å². The summed E-state index contributed by atoms with van der Waals surface area (Å²) in [6.45, 7) is 6.26. The lowest BCUT2D eigenvalue weighted by atomic mass is 10.1. The van der Waals surface area contributed by atoms with Crippen LogP contribution in [0.25, 0.3) is 10.9 Å². The number of carbonyl (C=O) groups excluding carboxylic acids is 1. The van der Waals surface area contributed by atoms with Gasteiger partial charge in [0.25, 0.3) is 0 Å². The van der Waals surface area contributed by atoms with E-state index in [0.717, 1.165) is 21.8 Å². The summed E-state index contributed by atoms with van der Waals surface area (Å²) >= 11 is 1.51. The molecule has 1 heterocycles. The molecule has 1 aromatic heterocycles. The predicted molar refractivity (Wildman–Crippen MR) is 94.7 cm³/mol. The molecule has 23 heavy (non-hydrogen) atoms. The van der Waals surface area contributed by atoms with Crippen LogP contribution in [0.3, 0.4) is 0 Å². The molecule has 1 aromatic carbocycles. The Morgan fingerprint density at radius 2 is 2.00 bits per heavy atom. The van der Waals surface area contributed by atoms with Gasteiger partial charge >= 0.3 is 0 Å². The van der Waals surface area contributed by atoms with Gasteiger partial charge in [-0.3, -0.25) is 4.79 Å². The summed E-state index contributed by atoms with van der Waals surface area (Å²) in [6.07, 6.45) is 2.35. The standard InChI is InChI=1S/C18H23N3OS/c1-11(2)12(3)19-16(22)10-23-18-14-6-4-5-7-15(14)20-17(21-18)13-8-9-13/h4-7,11-13H,8-10H2,1-3H3,(H,19,22)/t12-/m0/s1. The molecule has 1 amide bonds. The molecule has 5 heteroatoms. The molecule has 1 aliphatic carbocycles. The fourth-order valence-electron chi connectivity index (χ4n) is 2.29. The highest BCUT2D eigenvalue weighted by molar-refractivity contribution is 8.00. The largest absolute Gasteiger partial charge is 0.353 e. The van der Waals surface area contributed by atoms with E-state index in [1.807, 2.05) is 31.2 Å². The topological polar surface area (TPSA) is 54.9 Å². The Hall–Kier alpha value is -1.62. The second kappa shape index (κ2) is 6.87. The normalized spacial score (nSPS) is 15.8. The summed E-state index contributed by atoms with van der Waals surface area (Å²) in [7, 11) is 0. The van der Waals surface area contributed by atoms with Crippen LogP contribution < -0.4 is 5.32 Å². The van der Waals surface area contributed by atoms with Gasteiger partial charge in [-0.2, -0.15) is 0 Å². The molecule has 1 saturated carbocycles. The van der Waals surface area contributed by atoms with Crippen LogP contribution in [0.1, 0.15) is 45.4 Å². The minimum Gasteiger partial charge on any atom is -0.353 e. The van der Waals surface area contributed by atoms with Gasteiger partial charge in [0.1, 0.15) is 10.9 Å². The highest BCUT2D eigenvalue weighted by Crippen LogP contribution is 2.39. The number of hydrogen-bond acceptors (Lipinski definition) is 4. The second-order valence-corrected chi connectivity index (χ2v) is 7.53. The first-order valence-electron chi connectivity index (χ1n) is 8.23. The molecule has 122 valence electrons. The van der Waals surface area contributed by atoms with Crippen LogP contribution in [0.5, 0.6) is 0 Å². The highest BCUT2D eigenvalue weighted by atomic mass is 32.2. The monoisotopic (exact) mass is 329 g/mol. The maximum absolute atomic E-state index is 12.1. The van der Waals surface area contributed by atoms with Crippen molar-refractivity contribution in [2.75, 3.05) is 5.75 Å². The Balaban J connectivity index is 1.75. The number of fused-ring (bicyclic) bond motifs is 1. The Kier molecular flexibility index (Phi) is 4.85. The van der Waals surface area contributed by atoms with Crippen LogP contribution >= 0.6 is 11.8 Å². The Morgan fingerprint density at radius 3 is 2.70 bits per heavy atom. The molecule has 0 unspecified atom stereocenters. The van der Waals surface area contributed by atoms with Crippen molar-refractivity contribution < 1.29 is 4.79 Å². The van der Waals surface area contributed by atoms with Gasteiger partial charge in [0.05, 0.1) is 11.3 Å². The molecule has 2 aromatic rings. The first-order valence-corrected chi connectivity index (χ1v) is 9.22. The van der Waals surface area contributed by atoms with Gasteiger partial charge in [-0.05, 0) is 31.7 Å². The predicted octanol–water partition coefficient (Wildman–Crippen LogP) is 3.76. The van der Waals surface area contributed by atoms with Crippen LogP contribution in [0.2, 0.25) is 0 Å². The van der Waals surface area contributed by atoms with Crippen molar-refractivity contribution in [1.29, 1.82) is 0 Å². The molecule has 0 saturated heterocycles. The van der Waals surface area contributed by atoms with Gasteiger partial charge in [0.15, 0.2) is 0 Å². The van der Waals surface area contributed by atoms with Crippen LogP contribution in [-0.4, -0.2) is 27.7 Å². The molecule has 0 spiro atoms. The summed E-state index contributed by atoms with van der Waals surface area (Å²) in [4.78, 5) is 21.5. The lowest BCUT2D eigenvalue weighted by molar-refractivity contribution is -0.119. The summed E-state index contributed by atoms with van der Waals surface area (Å²) in [5.41, 5.74) is 0.975. The molecule has 0 radical (unpaired) electrons. The van der Waals surface area contributed by atoms with E-state index in [0.29, 0.717) is 17.6 Å². The quantitative estimate of drug-likeness (QED) is 0.647. The number of amides is 1. The summed E-state index contributed by atoms with van der Waals surface area (Å²) < 4.78 is 0. The third kappa shape index (κ3) is 4.02. The van der Waals surface area contributed by atoms with E-state index in [-0.39, 0.29) is 11.9 Å². The van der Waals surface area contributed by atoms with Crippen molar-refractivity contribution in [3.63, 3.8) is 0 Å². The average Bonchev–Trinajstić information content (AvgIpc) is 3.37. The van der Waals surface area contributed by atoms with E-state index in [9.17, 15) is 4.79 Å². The molecule has 3 rings (SSSR count). The molecule has 1 fully saturated rings. The summed E-state index contributed by atoms with van der Waals surface area (Å²) in [5, 5.41) is 5.00. The fraction of sp³-hybridized carbons (Fsp3) is 0.500. The van der Waals surface area contributed by atoms with Crippen molar-refractivity contribution in [2.45, 2.75) is 50.6 Å². The third-order valence-corrected chi connectivity index (χ3v) is 5.25. The smallest absolute Gasteiger partial charge is 0.230 e. The lowest BCUT2D eigenvalue weighted by Crippen LogP contribution is -2.37. The van der Waals surface area contributed by atoms with E-state index >= 15 is 0 Å². The third-order valence-electron chi connectivity index (χ3n) is 4.26. The zero-order valence-corrected chi connectivity index (χ0v) is 14.7. The minimum atomic E-state index is 0.0619. The van der Waals surface area contributed by atoms with Crippen molar-refractivity contribution in [2.24, 2.45) is 5.92 Å². The van der Waals surface area contributed by atoms with Gasteiger partial charge in [-0.25, -0.2) is 9.97 Å². The zero-order valence-electron chi connectivity index (χ0n) is 13.9. The number of hydrogen-bond donors (Lipinski definition) is 1. The van der Waals surface area contributed by atoms with Crippen molar-refractivity contribution in [3.8, 4) is 0 Å². The van der Waals surface area contributed by atoms with Gasteiger partial charge in [-0.15, -0.1) is 0 Å². The van der Waals surface area contributed by atoms with Crippen molar-refractivity contribution in [3.05, 3.63) is 30.1 Å². The number of para-hydroxylation sites is 1. The molecule has 0 aliphatic heterocycles. The molecule has 1 N–H and O–H groups in total. The van der Waals surface area contributed by atoms with E-state index in [2.05, 4.69) is 24.1 Å². The Morgan fingerprint density at radius 1 is 1.26 bits per heavy atom. The van der Waals surface area contributed by atoms with Crippen LogP contribution in [0.4, 0.5) is 0 Å². The minimum absolute atomic E-state index is 0.0619. The van der Waals surface area contributed by atoms with E-state index < -0.39 is 0 Å². The molecular weight excluding hydrogens is 306 g/mol. The number of aromatic nitrogens is 2. The van der Waals surface area contributed by atoms with E-state index in [4.69, 9.17) is 4.98 Å². The Bertz CT molecular complexity index is 712. The number of rotatable bonds is 6. The number of nitrogens with one attached hydrogen (secondary N) is 1. The lowest BCUT2D eigenvalue weighted by Gasteiger charge is -2.17. The maximum Gasteiger partial charge on any atom is 0.230 e. The zero-order chi connectivity index (χ0) is 16.4. The second-order valence-electron chi connectivity index (χ2n) is 6.57. The number of benzene rings is 1. The molecule has 1 aliphatic rings. The molecule has 0 bridgehead atoms. The Labute approximate surface area is 141 Å². The van der Waals surface area contributed by atoms with Gasteiger partial charge in [0, 0.05) is 17.3 Å². The van der Waals surface area contributed by atoms with Gasteiger partial charge in [0.2, 0.25) is 5.91 Å².